The molecule has 1 N–H and O–H groups in total. The van der Waals surface area contributed by atoms with Crippen molar-refractivity contribution in [1.29, 1.82) is 0 Å². The third-order valence-corrected chi connectivity index (χ3v) is 7.40. The average molecular weight is 471 g/mol. The number of sulfone groups is 1. The second-order valence-electron chi connectivity index (χ2n) is 6.26. The summed E-state index contributed by atoms with van der Waals surface area (Å²) in [7, 11) is -3.72. The Morgan fingerprint density at radius 1 is 1.33 bits per heavy atom. The molecule has 0 saturated heterocycles. The first-order chi connectivity index (χ1) is 12.8. The fraction of sp³-hybridized carbons (Fsp3) is 0.333. The van der Waals surface area contributed by atoms with Crippen LogP contribution in [0, 0.1) is 0 Å². The summed E-state index contributed by atoms with van der Waals surface area (Å²) in [5.74, 6) is -0.819. The number of fused-ring (bicyclic) bond motifs is 1. The van der Waals surface area contributed by atoms with Gasteiger partial charge in [0.05, 0.1) is 22.9 Å². The topological polar surface area (TPSA) is 83.6 Å². The predicted molar refractivity (Wildman–Crippen MR) is 109 cm³/mol. The Kier molecular flexibility index (Phi) is 6.02. The third kappa shape index (κ3) is 4.59. The van der Waals surface area contributed by atoms with Gasteiger partial charge in [-0.2, -0.15) is 0 Å². The number of hydrogen-bond donors (Lipinski definition) is 1. The van der Waals surface area contributed by atoms with Crippen LogP contribution in [0.25, 0.3) is 0 Å². The summed E-state index contributed by atoms with van der Waals surface area (Å²) >= 11 is 4.87. The lowest BCUT2D eigenvalue weighted by molar-refractivity contribution is -0.121. The molecule has 0 bridgehead atoms. The molecule has 1 aromatic carbocycles. The number of benzene rings is 1. The van der Waals surface area contributed by atoms with Crippen molar-refractivity contribution < 1.29 is 18.0 Å². The monoisotopic (exact) mass is 470 g/mol. The lowest BCUT2D eigenvalue weighted by atomic mass is 10.2. The number of rotatable bonds is 6. The normalized spacial score (nSPS) is 13.5. The van der Waals surface area contributed by atoms with Crippen LogP contribution in [0.4, 0.5) is 5.69 Å². The van der Waals surface area contributed by atoms with Crippen molar-refractivity contribution in [3.05, 3.63) is 44.6 Å². The smallest absolute Gasteiger partial charge is 0.223 e. The van der Waals surface area contributed by atoms with E-state index in [1.165, 1.54) is 29.2 Å². The molecule has 2 amide bonds. The highest BCUT2D eigenvalue weighted by atomic mass is 79.9. The number of nitrogens with zero attached hydrogens (tertiary/aromatic N) is 1. The molecule has 27 heavy (non-hydrogen) atoms. The van der Waals surface area contributed by atoms with Crippen molar-refractivity contribution in [3.8, 4) is 0 Å². The molecule has 1 aromatic heterocycles. The number of carbonyl (C=O) groups excluding carboxylic acids is 2. The Hall–Kier alpha value is -1.71. The maximum atomic E-state index is 12.9. The minimum atomic E-state index is -3.72. The van der Waals surface area contributed by atoms with E-state index in [0.717, 1.165) is 10.4 Å². The number of anilines is 1. The van der Waals surface area contributed by atoms with E-state index < -0.39 is 9.84 Å². The minimum absolute atomic E-state index is 0.102. The molecule has 0 unspecified atom stereocenters. The molecule has 144 valence electrons. The van der Waals surface area contributed by atoms with Crippen LogP contribution in [-0.2, 0) is 32.4 Å². The summed E-state index contributed by atoms with van der Waals surface area (Å²) < 4.78 is 26.5. The van der Waals surface area contributed by atoms with Gasteiger partial charge in [-0.05, 0) is 35.6 Å². The highest BCUT2D eigenvalue weighted by molar-refractivity contribution is 9.10. The van der Waals surface area contributed by atoms with Crippen molar-refractivity contribution in [2.24, 2.45) is 0 Å². The van der Waals surface area contributed by atoms with E-state index in [4.69, 9.17) is 0 Å². The summed E-state index contributed by atoms with van der Waals surface area (Å²) in [5.41, 5.74) is 1.27. The standard InChI is InChI=1S/C18H19BrN2O4S2/c1-12(22)21-6-4-13-9-14(19)10-16(18(13)21)27(24,25)8-5-17(23)20-11-15-3-2-7-26-15/h2-3,7,9-10H,4-6,8,11H2,1H3,(H,20,23). The van der Waals surface area contributed by atoms with Crippen LogP contribution in [0.3, 0.4) is 0 Å². The van der Waals surface area contributed by atoms with Crippen molar-refractivity contribution in [2.75, 3.05) is 17.2 Å². The summed E-state index contributed by atoms with van der Waals surface area (Å²) in [5, 5.41) is 4.65. The summed E-state index contributed by atoms with van der Waals surface area (Å²) in [4.78, 5) is 26.5. The van der Waals surface area contributed by atoms with Gasteiger partial charge in [0.1, 0.15) is 0 Å². The second kappa shape index (κ2) is 8.12. The van der Waals surface area contributed by atoms with Crippen LogP contribution in [0.5, 0.6) is 0 Å². The predicted octanol–water partition coefficient (Wildman–Crippen LogP) is 2.90. The molecule has 0 fully saturated rings. The largest absolute Gasteiger partial charge is 0.351 e. The van der Waals surface area contributed by atoms with E-state index in [1.54, 1.807) is 0 Å². The maximum absolute atomic E-state index is 12.9. The van der Waals surface area contributed by atoms with Crippen LogP contribution in [0.15, 0.2) is 39.0 Å². The zero-order valence-corrected chi connectivity index (χ0v) is 17.9. The van der Waals surface area contributed by atoms with Crippen LogP contribution in [0.2, 0.25) is 0 Å². The van der Waals surface area contributed by atoms with Crippen LogP contribution < -0.4 is 10.2 Å². The zero-order valence-electron chi connectivity index (χ0n) is 14.7. The number of carbonyl (C=O) groups is 2. The fourth-order valence-corrected chi connectivity index (χ4v) is 5.86. The molecule has 2 heterocycles. The molecule has 0 spiro atoms. The second-order valence-corrected chi connectivity index (χ2v) is 10.3. The van der Waals surface area contributed by atoms with Gasteiger partial charge in [0.15, 0.2) is 9.84 Å². The Labute approximate surface area is 170 Å². The van der Waals surface area contributed by atoms with E-state index >= 15 is 0 Å². The lowest BCUT2D eigenvalue weighted by Gasteiger charge is -2.19. The Morgan fingerprint density at radius 3 is 2.78 bits per heavy atom. The van der Waals surface area contributed by atoms with E-state index in [9.17, 15) is 18.0 Å². The van der Waals surface area contributed by atoms with Gasteiger partial charge in [0.2, 0.25) is 11.8 Å². The molecule has 1 aliphatic rings. The van der Waals surface area contributed by atoms with Crippen molar-refractivity contribution in [1.82, 2.24) is 5.32 Å². The average Bonchev–Trinajstić information content (AvgIpc) is 3.26. The zero-order chi connectivity index (χ0) is 19.6. The highest BCUT2D eigenvalue weighted by Crippen LogP contribution is 2.38. The highest BCUT2D eigenvalue weighted by Gasteiger charge is 2.31. The van der Waals surface area contributed by atoms with Gasteiger partial charge < -0.3 is 10.2 Å². The molecule has 1 aliphatic heterocycles. The maximum Gasteiger partial charge on any atom is 0.223 e. The number of thiophene rings is 1. The third-order valence-electron chi connectivity index (χ3n) is 4.35. The van der Waals surface area contributed by atoms with E-state index in [0.29, 0.717) is 29.7 Å². The number of halogens is 1. The summed E-state index contributed by atoms with van der Waals surface area (Å²) in [6.07, 6.45) is 0.479. The lowest BCUT2D eigenvalue weighted by Crippen LogP contribution is -2.28. The van der Waals surface area contributed by atoms with Crippen molar-refractivity contribution in [3.63, 3.8) is 0 Å². The molecule has 2 aromatic rings. The number of hydrogen-bond acceptors (Lipinski definition) is 5. The molecule has 0 saturated carbocycles. The fourth-order valence-electron chi connectivity index (χ4n) is 3.05. The number of nitrogens with one attached hydrogen (secondary N) is 1. The van der Waals surface area contributed by atoms with Gasteiger partial charge >= 0.3 is 0 Å². The number of amides is 2. The molecular formula is C18H19BrN2O4S2. The molecule has 6 nitrogen and oxygen atoms in total. The van der Waals surface area contributed by atoms with Gasteiger partial charge in [-0.1, -0.05) is 22.0 Å². The Bertz CT molecular complexity index is 971. The molecular weight excluding hydrogens is 452 g/mol. The van der Waals surface area contributed by atoms with Gasteiger partial charge in [0, 0.05) is 29.2 Å². The molecule has 0 atom stereocenters. The Morgan fingerprint density at radius 2 is 2.11 bits per heavy atom. The van der Waals surface area contributed by atoms with Gasteiger partial charge in [-0.25, -0.2) is 8.42 Å². The first-order valence-corrected chi connectivity index (χ1v) is 11.7. The van der Waals surface area contributed by atoms with Crippen LogP contribution >= 0.6 is 27.3 Å². The van der Waals surface area contributed by atoms with Crippen molar-refractivity contribution >= 4 is 54.6 Å². The van der Waals surface area contributed by atoms with Crippen LogP contribution in [-0.4, -0.2) is 32.5 Å². The van der Waals surface area contributed by atoms with Gasteiger partial charge in [0.25, 0.3) is 0 Å². The molecule has 3 rings (SSSR count). The van der Waals surface area contributed by atoms with Gasteiger partial charge in [-0.15, -0.1) is 11.3 Å². The quantitative estimate of drug-likeness (QED) is 0.703. The molecule has 0 radical (unpaired) electrons. The Balaban J connectivity index is 1.75. The van der Waals surface area contributed by atoms with Crippen LogP contribution in [0.1, 0.15) is 23.8 Å². The van der Waals surface area contributed by atoms with Crippen molar-refractivity contribution in [2.45, 2.75) is 31.2 Å². The van der Waals surface area contributed by atoms with Gasteiger partial charge in [-0.3, -0.25) is 9.59 Å². The molecule has 0 aliphatic carbocycles. The molecule has 9 heteroatoms. The van der Waals surface area contributed by atoms with E-state index in [-0.39, 0.29) is 28.9 Å². The summed E-state index contributed by atoms with van der Waals surface area (Å²) in [6.45, 7) is 2.28. The first-order valence-electron chi connectivity index (χ1n) is 8.40. The minimum Gasteiger partial charge on any atom is -0.351 e. The summed E-state index contributed by atoms with van der Waals surface area (Å²) in [6, 6.07) is 7.15. The van der Waals surface area contributed by atoms with E-state index in [1.807, 2.05) is 23.6 Å². The van der Waals surface area contributed by atoms with E-state index in [2.05, 4.69) is 21.2 Å². The SMILES string of the molecule is CC(=O)N1CCc2cc(Br)cc(S(=O)(=O)CCC(=O)NCc3cccs3)c21. The first kappa shape index (κ1) is 20.0.